The molecule has 2 aromatic rings. The number of anilines is 1. The Labute approximate surface area is 154 Å². The number of carbonyl (C=O) groups is 2. The van der Waals surface area contributed by atoms with E-state index in [2.05, 4.69) is 0 Å². The molecule has 0 fully saturated rings. The van der Waals surface area contributed by atoms with Crippen LogP contribution in [0.3, 0.4) is 0 Å². The van der Waals surface area contributed by atoms with Crippen LogP contribution in [-0.2, 0) is 16.0 Å². The summed E-state index contributed by atoms with van der Waals surface area (Å²) in [6, 6.07) is 8.88. The molecule has 0 N–H and O–H groups in total. The third kappa shape index (κ3) is 4.52. The molecule has 1 aromatic heterocycles. The zero-order chi connectivity index (χ0) is 19.3. The molecule has 26 heavy (non-hydrogen) atoms. The largest absolute Gasteiger partial charge is 0.454 e. The topological polar surface area (TPSA) is 60.8 Å². The summed E-state index contributed by atoms with van der Waals surface area (Å²) < 4.78 is 12.3. The molecule has 6 heteroatoms. The Hall–Kier alpha value is -2.60. The second-order valence-corrected chi connectivity index (χ2v) is 6.37. The number of methoxy groups -OCH3 is 1. The number of hydrogen-bond donors (Lipinski definition) is 0. The molecule has 0 aliphatic rings. The number of esters is 1. The van der Waals surface area contributed by atoms with Crippen LogP contribution < -0.4 is 4.90 Å². The maximum atomic E-state index is 12.5. The highest BCUT2D eigenvalue weighted by Gasteiger charge is 2.18. The first-order valence-corrected chi connectivity index (χ1v) is 8.48. The predicted octanol–water partition coefficient (Wildman–Crippen LogP) is 2.86. The molecule has 6 nitrogen and oxygen atoms in total. The molecule has 0 unspecified atom stereocenters. The number of rotatable bonds is 8. The molecule has 0 radical (unpaired) electrons. The van der Waals surface area contributed by atoms with Crippen LogP contribution in [0.4, 0.5) is 5.69 Å². The van der Waals surface area contributed by atoms with Crippen molar-refractivity contribution in [3.05, 3.63) is 52.8 Å². The second kappa shape index (κ2) is 8.67. The summed E-state index contributed by atoms with van der Waals surface area (Å²) in [7, 11) is 5.49. The minimum atomic E-state index is -0.503. The third-order valence-corrected chi connectivity index (χ3v) is 4.35. The van der Waals surface area contributed by atoms with Crippen LogP contribution in [0.1, 0.15) is 32.1 Å². The van der Waals surface area contributed by atoms with Gasteiger partial charge in [0.05, 0.1) is 12.2 Å². The summed E-state index contributed by atoms with van der Waals surface area (Å²) in [5, 5.41) is 0. The molecule has 0 bridgehead atoms. The number of ether oxygens (including phenoxy) is 2. The van der Waals surface area contributed by atoms with E-state index >= 15 is 0 Å². The van der Waals surface area contributed by atoms with E-state index in [9.17, 15) is 9.59 Å². The van der Waals surface area contributed by atoms with Crippen molar-refractivity contribution in [1.29, 1.82) is 0 Å². The minimum Gasteiger partial charge on any atom is -0.454 e. The van der Waals surface area contributed by atoms with Crippen LogP contribution in [0.2, 0.25) is 0 Å². The van der Waals surface area contributed by atoms with Crippen molar-refractivity contribution in [3.63, 3.8) is 0 Å². The van der Waals surface area contributed by atoms with Gasteiger partial charge in [-0.1, -0.05) is 0 Å². The number of aryl methyl sites for hydroxylation is 1. The third-order valence-electron chi connectivity index (χ3n) is 4.35. The standard InChI is InChI=1S/C20H26N2O4/c1-14-12-18(15(2)22(14)10-11-25-5)19(23)13-26-20(24)16-6-8-17(9-7-16)21(3)4/h6-9,12H,10-11,13H2,1-5H3. The maximum absolute atomic E-state index is 12.5. The molecule has 1 heterocycles. The SMILES string of the molecule is COCCn1c(C)cc(C(=O)COC(=O)c2ccc(N(C)C)cc2)c1C. The molecular weight excluding hydrogens is 332 g/mol. The lowest BCUT2D eigenvalue weighted by molar-refractivity contribution is 0.0474. The number of aromatic nitrogens is 1. The van der Waals surface area contributed by atoms with Crippen LogP contribution in [0.5, 0.6) is 0 Å². The number of benzene rings is 1. The Kier molecular flexibility index (Phi) is 6.58. The quantitative estimate of drug-likeness (QED) is 0.536. The highest BCUT2D eigenvalue weighted by Crippen LogP contribution is 2.17. The van der Waals surface area contributed by atoms with Gasteiger partial charge in [0.25, 0.3) is 0 Å². The smallest absolute Gasteiger partial charge is 0.338 e. The molecule has 140 valence electrons. The monoisotopic (exact) mass is 358 g/mol. The van der Waals surface area contributed by atoms with Gasteiger partial charge in [0, 0.05) is 50.4 Å². The van der Waals surface area contributed by atoms with Crippen molar-refractivity contribution in [3.8, 4) is 0 Å². The van der Waals surface area contributed by atoms with Crippen molar-refractivity contribution >= 4 is 17.4 Å². The Morgan fingerprint density at radius 1 is 1.12 bits per heavy atom. The molecule has 0 saturated carbocycles. The van der Waals surface area contributed by atoms with Gasteiger partial charge in [-0.05, 0) is 44.2 Å². The summed E-state index contributed by atoms with van der Waals surface area (Å²) in [4.78, 5) is 26.5. The lowest BCUT2D eigenvalue weighted by Crippen LogP contribution is -2.16. The Bertz CT molecular complexity index is 776. The Morgan fingerprint density at radius 3 is 2.35 bits per heavy atom. The number of hydrogen-bond acceptors (Lipinski definition) is 5. The van der Waals surface area contributed by atoms with Gasteiger partial charge in [-0.2, -0.15) is 0 Å². The van der Waals surface area contributed by atoms with E-state index in [1.165, 1.54) is 0 Å². The predicted molar refractivity (Wildman–Crippen MR) is 101 cm³/mol. The zero-order valence-electron chi connectivity index (χ0n) is 16.0. The first kappa shape index (κ1) is 19.7. The lowest BCUT2D eigenvalue weighted by atomic mass is 10.1. The average molecular weight is 358 g/mol. The number of nitrogens with zero attached hydrogens (tertiary/aromatic N) is 2. The molecule has 1 aromatic carbocycles. The van der Waals surface area contributed by atoms with Crippen molar-refractivity contribution in [1.82, 2.24) is 4.57 Å². The molecule has 2 rings (SSSR count). The van der Waals surface area contributed by atoms with Gasteiger partial charge in [0.15, 0.2) is 6.61 Å². The van der Waals surface area contributed by atoms with Crippen LogP contribution in [-0.4, -0.2) is 50.7 Å². The molecular formula is C20H26N2O4. The van der Waals surface area contributed by atoms with Gasteiger partial charge in [-0.15, -0.1) is 0 Å². The molecule has 0 aliphatic heterocycles. The summed E-state index contributed by atoms with van der Waals surface area (Å²) in [5.74, 6) is -0.711. The Morgan fingerprint density at radius 2 is 1.77 bits per heavy atom. The van der Waals surface area contributed by atoms with E-state index < -0.39 is 5.97 Å². The number of carbonyl (C=O) groups excluding carboxylic acids is 2. The number of ketones is 1. The summed E-state index contributed by atoms with van der Waals surface area (Å²) in [5.41, 5.74) is 3.83. The average Bonchev–Trinajstić information content (AvgIpc) is 2.91. The van der Waals surface area contributed by atoms with Gasteiger partial charge >= 0.3 is 5.97 Å². The fourth-order valence-electron chi connectivity index (χ4n) is 2.80. The van der Waals surface area contributed by atoms with E-state index in [1.807, 2.05) is 55.6 Å². The first-order valence-electron chi connectivity index (χ1n) is 8.48. The van der Waals surface area contributed by atoms with Crippen LogP contribution in [0.15, 0.2) is 30.3 Å². The zero-order valence-corrected chi connectivity index (χ0v) is 16.0. The Balaban J connectivity index is 2.01. The van der Waals surface area contributed by atoms with Gasteiger partial charge < -0.3 is 18.9 Å². The van der Waals surface area contributed by atoms with Crippen molar-refractivity contribution in [2.45, 2.75) is 20.4 Å². The summed E-state index contributed by atoms with van der Waals surface area (Å²) in [6.07, 6.45) is 0. The summed E-state index contributed by atoms with van der Waals surface area (Å²) in [6.45, 7) is 4.81. The van der Waals surface area contributed by atoms with E-state index in [-0.39, 0.29) is 12.4 Å². The second-order valence-electron chi connectivity index (χ2n) is 6.37. The van der Waals surface area contributed by atoms with Crippen molar-refractivity contribution < 1.29 is 19.1 Å². The van der Waals surface area contributed by atoms with Crippen LogP contribution in [0.25, 0.3) is 0 Å². The normalized spacial score (nSPS) is 10.7. The molecule has 0 amide bonds. The van der Waals surface area contributed by atoms with Gasteiger partial charge in [0.1, 0.15) is 0 Å². The van der Waals surface area contributed by atoms with Crippen molar-refractivity contribution in [2.24, 2.45) is 0 Å². The molecule has 0 saturated heterocycles. The van der Waals surface area contributed by atoms with E-state index in [1.54, 1.807) is 19.2 Å². The lowest BCUT2D eigenvalue weighted by Gasteiger charge is -2.12. The first-order chi connectivity index (χ1) is 12.3. The van der Waals surface area contributed by atoms with Gasteiger partial charge in [-0.25, -0.2) is 4.79 Å². The fraction of sp³-hybridized carbons (Fsp3) is 0.400. The van der Waals surface area contributed by atoms with E-state index in [4.69, 9.17) is 9.47 Å². The number of Topliss-reactive ketones (excluding diaryl/α,β-unsaturated/α-hetero) is 1. The maximum Gasteiger partial charge on any atom is 0.338 e. The molecule has 0 aliphatic carbocycles. The van der Waals surface area contributed by atoms with Crippen LogP contribution >= 0.6 is 0 Å². The van der Waals surface area contributed by atoms with E-state index in [0.29, 0.717) is 24.3 Å². The van der Waals surface area contributed by atoms with E-state index in [0.717, 1.165) is 17.1 Å². The highest BCUT2D eigenvalue weighted by atomic mass is 16.5. The van der Waals surface area contributed by atoms with Crippen molar-refractivity contribution in [2.75, 3.05) is 39.3 Å². The molecule has 0 atom stereocenters. The van der Waals surface area contributed by atoms with Gasteiger partial charge in [-0.3, -0.25) is 4.79 Å². The van der Waals surface area contributed by atoms with Crippen LogP contribution in [0, 0.1) is 13.8 Å². The highest BCUT2D eigenvalue weighted by molar-refractivity contribution is 6.00. The molecule has 0 spiro atoms. The summed E-state index contributed by atoms with van der Waals surface area (Å²) >= 11 is 0. The fourth-order valence-corrected chi connectivity index (χ4v) is 2.80. The van der Waals surface area contributed by atoms with Gasteiger partial charge in [0.2, 0.25) is 5.78 Å². The minimum absolute atomic E-state index is 0.208.